The summed E-state index contributed by atoms with van der Waals surface area (Å²) in [6.45, 7) is 6.57. The Morgan fingerprint density at radius 3 is 2.81 bits per heavy atom. The molecule has 0 N–H and O–H groups in total. The normalized spacial score (nSPS) is 21.8. The van der Waals surface area contributed by atoms with Crippen molar-refractivity contribution < 1.29 is 0 Å². The van der Waals surface area contributed by atoms with Gasteiger partial charge in [-0.1, -0.05) is 13.0 Å². The molecule has 0 spiro atoms. The van der Waals surface area contributed by atoms with Gasteiger partial charge in [0, 0.05) is 30.0 Å². The topological polar surface area (TPSA) is 41.9 Å². The molecule has 0 aliphatic carbocycles. The highest BCUT2D eigenvalue weighted by atomic mass is 15.3. The van der Waals surface area contributed by atoms with E-state index in [0.717, 1.165) is 29.5 Å². The van der Waals surface area contributed by atoms with Crippen molar-refractivity contribution in [2.24, 2.45) is 0 Å². The third-order valence-electron chi connectivity index (χ3n) is 4.26. The van der Waals surface area contributed by atoms with Crippen LogP contribution in [-0.2, 0) is 0 Å². The lowest BCUT2D eigenvalue weighted by atomic mass is 10.1. The highest BCUT2D eigenvalue weighted by Gasteiger charge is 2.30. The van der Waals surface area contributed by atoms with Gasteiger partial charge in [0.2, 0.25) is 0 Å². The predicted molar refractivity (Wildman–Crippen MR) is 85.3 cm³/mol. The van der Waals surface area contributed by atoms with Crippen molar-refractivity contribution in [1.29, 1.82) is 0 Å². The molecule has 3 rings (SSSR count). The molecule has 21 heavy (non-hydrogen) atoms. The second kappa shape index (κ2) is 5.80. The summed E-state index contributed by atoms with van der Waals surface area (Å²) in [4.78, 5) is 16.2. The Labute approximate surface area is 126 Å². The van der Waals surface area contributed by atoms with Gasteiger partial charge in [-0.05, 0) is 45.2 Å². The van der Waals surface area contributed by atoms with E-state index >= 15 is 0 Å². The molecular weight excluding hydrogens is 260 g/mol. The molecule has 110 valence electrons. The minimum absolute atomic E-state index is 0.542. The van der Waals surface area contributed by atoms with Gasteiger partial charge >= 0.3 is 0 Å². The first-order valence-corrected chi connectivity index (χ1v) is 7.74. The Morgan fingerprint density at radius 2 is 2.10 bits per heavy atom. The Hall–Kier alpha value is -1.97. The summed E-state index contributed by atoms with van der Waals surface area (Å²) in [5, 5.41) is 0. The van der Waals surface area contributed by atoms with Crippen molar-refractivity contribution in [3.8, 4) is 11.5 Å². The molecule has 0 radical (unpaired) electrons. The van der Waals surface area contributed by atoms with Gasteiger partial charge in [-0.3, -0.25) is 4.98 Å². The lowest BCUT2D eigenvalue weighted by molar-refractivity contribution is 0.620. The van der Waals surface area contributed by atoms with Gasteiger partial charge in [0.05, 0.1) is 0 Å². The van der Waals surface area contributed by atoms with Gasteiger partial charge in [0.25, 0.3) is 0 Å². The lowest BCUT2D eigenvalue weighted by Gasteiger charge is -2.29. The molecule has 2 aromatic rings. The van der Waals surface area contributed by atoms with Crippen LogP contribution in [0, 0.1) is 6.92 Å². The minimum Gasteiger partial charge on any atom is -0.351 e. The number of hydrogen-bond donors (Lipinski definition) is 0. The quantitative estimate of drug-likeness (QED) is 0.862. The molecule has 0 aromatic carbocycles. The Morgan fingerprint density at radius 1 is 1.24 bits per heavy atom. The molecule has 2 atom stereocenters. The van der Waals surface area contributed by atoms with Crippen LogP contribution >= 0.6 is 0 Å². The van der Waals surface area contributed by atoms with Crippen LogP contribution in [0.4, 0.5) is 5.82 Å². The molecule has 3 heterocycles. The molecule has 1 aliphatic heterocycles. The van der Waals surface area contributed by atoms with Crippen molar-refractivity contribution in [3.05, 3.63) is 36.2 Å². The molecule has 4 nitrogen and oxygen atoms in total. The number of hydrogen-bond acceptors (Lipinski definition) is 4. The average Bonchev–Trinajstić information content (AvgIpc) is 2.88. The third-order valence-corrected chi connectivity index (χ3v) is 4.26. The number of rotatable bonds is 3. The van der Waals surface area contributed by atoms with E-state index in [0.29, 0.717) is 12.1 Å². The van der Waals surface area contributed by atoms with Gasteiger partial charge < -0.3 is 4.90 Å². The Kier molecular flexibility index (Phi) is 3.86. The summed E-state index contributed by atoms with van der Waals surface area (Å²) in [5.74, 6) is 1.76. The maximum absolute atomic E-state index is 4.79. The number of nitrogens with zero attached hydrogens (tertiary/aromatic N) is 4. The van der Waals surface area contributed by atoms with Crippen molar-refractivity contribution in [3.63, 3.8) is 0 Å². The van der Waals surface area contributed by atoms with Crippen LogP contribution in [-0.4, -0.2) is 27.0 Å². The first-order chi connectivity index (χ1) is 10.2. The highest BCUT2D eigenvalue weighted by Crippen LogP contribution is 2.31. The smallest absolute Gasteiger partial charge is 0.180 e. The van der Waals surface area contributed by atoms with Crippen LogP contribution in [0.25, 0.3) is 11.5 Å². The lowest BCUT2D eigenvalue weighted by Crippen LogP contribution is -2.35. The Bertz CT molecular complexity index is 611. The fraction of sp³-hybridized carbons (Fsp3) is 0.471. The maximum Gasteiger partial charge on any atom is 0.180 e. The zero-order valence-corrected chi connectivity index (χ0v) is 13.0. The van der Waals surface area contributed by atoms with Crippen LogP contribution < -0.4 is 4.90 Å². The van der Waals surface area contributed by atoms with E-state index in [1.807, 2.05) is 25.1 Å². The summed E-state index contributed by atoms with van der Waals surface area (Å²) < 4.78 is 0. The van der Waals surface area contributed by atoms with Crippen LogP contribution in [0.5, 0.6) is 0 Å². The number of pyridine rings is 1. The fourth-order valence-corrected chi connectivity index (χ4v) is 3.18. The van der Waals surface area contributed by atoms with Crippen LogP contribution in [0.3, 0.4) is 0 Å². The zero-order chi connectivity index (χ0) is 14.8. The van der Waals surface area contributed by atoms with Crippen molar-refractivity contribution >= 4 is 5.82 Å². The molecule has 0 bridgehead atoms. The second-order valence-corrected chi connectivity index (χ2v) is 5.80. The predicted octanol–water partition coefficient (Wildman–Crippen LogP) is 3.61. The molecule has 1 aliphatic rings. The van der Waals surface area contributed by atoms with Crippen molar-refractivity contribution in [2.45, 2.75) is 52.1 Å². The summed E-state index contributed by atoms with van der Waals surface area (Å²) in [6.07, 6.45) is 5.43. The molecule has 1 saturated heterocycles. The average molecular weight is 282 g/mol. The largest absolute Gasteiger partial charge is 0.351 e. The molecule has 0 unspecified atom stereocenters. The standard InChI is InChI=1S/C17H22N4/c1-4-14-9-8-13(3)21(14)16-11-12(2)19-17(20-16)15-7-5-6-10-18-15/h5-7,10-11,13-14H,4,8-9H2,1-3H3/t13-,14+/m0/s1. The van der Waals surface area contributed by atoms with Crippen LogP contribution in [0.2, 0.25) is 0 Å². The Balaban J connectivity index is 2.02. The SMILES string of the molecule is CC[C@@H]1CC[C@H](C)N1c1cc(C)nc(-c2ccccn2)n1. The number of aryl methyl sites for hydroxylation is 1. The summed E-state index contributed by atoms with van der Waals surface area (Å²) in [7, 11) is 0. The molecule has 0 saturated carbocycles. The van der Waals surface area contributed by atoms with Gasteiger partial charge in [-0.25, -0.2) is 9.97 Å². The van der Waals surface area contributed by atoms with Crippen molar-refractivity contribution in [2.75, 3.05) is 4.90 Å². The van der Waals surface area contributed by atoms with E-state index in [-0.39, 0.29) is 0 Å². The van der Waals surface area contributed by atoms with E-state index in [4.69, 9.17) is 4.98 Å². The van der Waals surface area contributed by atoms with Gasteiger partial charge in [-0.2, -0.15) is 0 Å². The number of aromatic nitrogens is 3. The molecule has 4 heteroatoms. The fourth-order valence-electron chi connectivity index (χ4n) is 3.18. The molecule has 2 aromatic heterocycles. The van der Waals surface area contributed by atoms with E-state index in [2.05, 4.69) is 34.8 Å². The number of anilines is 1. The minimum atomic E-state index is 0.542. The van der Waals surface area contributed by atoms with Gasteiger partial charge in [-0.15, -0.1) is 0 Å². The van der Waals surface area contributed by atoms with Crippen molar-refractivity contribution in [1.82, 2.24) is 15.0 Å². The summed E-state index contributed by atoms with van der Waals surface area (Å²) in [5.41, 5.74) is 1.83. The molecule has 1 fully saturated rings. The van der Waals surface area contributed by atoms with E-state index in [9.17, 15) is 0 Å². The second-order valence-electron chi connectivity index (χ2n) is 5.80. The molecular formula is C17H22N4. The highest BCUT2D eigenvalue weighted by molar-refractivity contribution is 5.54. The van der Waals surface area contributed by atoms with Gasteiger partial charge in [0.15, 0.2) is 5.82 Å². The maximum atomic E-state index is 4.79. The van der Waals surface area contributed by atoms with E-state index in [1.54, 1.807) is 6.20 Å². The first kappa shape index (κ1) is 14.0. The van der Waals surface area contributed by atoms with Gasteiger partial charge in [0.1, 0.15) is 11.5 Å². The monoisotopic (exact) mass is 282 g/mol. The summed E-state index contributed by atoms with van der Waals surface area (Å²) >= 11 is 0. The molecule has 0 amide bonds. The summed E-state index contributed by atoms with van der Waals surface area (Å²) in [6, 6.07) is 9.07. The van der Waals surface area contributed by atoms with Crippen LogP contribution in [0.1, 0.15) is 38.8 Å². The van der Waals surface area contributed by atoms with E-state index in [1.165, 1.54) is 12.8 Å². The third kappa shape index (κ3) is 2.75. The zero-order valence-electron chi connectivity index (χ0n) is 13.0. The first-order valence-electron chi connectivity index (χ1n) is 7.74. The van der Waals surface area contributed by atoms with Crippen LogP contribution in [0.15, 0.2) is 30.5 Å². The van der Waals surface area contributed by atoms with E-state index < -0.39 is 0 Å².